The highest BCUT2D eigenvalue weighted by atomic mass is 16.5. The normalized spacial score (nSPS) is 16.4. The highest BCUT2D eigenvalue weighted by Gasteiger charge is 2.33. The number of nitrogens with zero attached hydrogens (tertiary/aromatic N) is 3. The molecule has 1 aliphatic carbocycles. The SMILES string of the molecule is NCC1(NC(=O)CCc2nc(-c3ccccn3)no2)CCCC1. The topological polar surface area (TPSA) is 107 Å². The zero-order valence-electron chi connectivity index (χ0n) is 13.0. The first-order valence-electron chi connectivity index (χ1n) is 7.96. The zero-order chi connectivity index (χ0) is 16.1. The maximum Gasteiger partial charge on any atom is 0.227 e. The van der Waals surface area contributed by atoms with Crippen LogP contribution in [0.2, 0.25) is 0 Å². The Morgan fingerprint density at radius 3 is 2.87 bits per heavy atom. The van der Waals surface area contributed by atoms with Crippen molar-refractivity contribution < 1.29 is 9.32 Å². The summed E-state index contributed by atoms with van der Waals surface area (Å²) >= 11 is 0. The Labute approximate surface area is 134 Å². The van der Waals surface area contributed by atoms with Gasteiger partial charge in [-0.3, -0.25) is 9.78 Å². The van der Waals surface area contributed by atoms with Crippen LogP contribution in [0.15, 0.2) is 28.9 Å². The Balaban J connectivity index is 1.54. The molecule has 0 saturated heterocycles. The standard InChI is InChI=1S/C16H21N5O2/c17-11-16(8-2-3-9-16)20-13(22)6-7-14-19-15(21-23-14)12-5-1-4-10-18-12/h1,4-5,10H,2-3,6-9,11,17H2,(H,20,22). The van der Waals surface area contributed by atoms with Crippen molar-refractivity contribution in [3.63, 3.8) is 0 Å². The third-order valence-corrected chi connectivity index (χ3v) is 4.28. The van der Waals surface area contributed by atoms with Crippen LogP contribution in [0.25, 0.3) is 11.5 Å². The summed E-state index contributed by atoms with van der Waals surface area (Å²) in [5, 5.41) is 6.98. The Morgan fingerprint density at radius 2 is 2.17 bits per heavy atom. The first-order valence-corrected chi connectivity index (χ1v) is 7.96. The second-order valence-electron chi connectivity index (χ2n) is 5.97. The van der Waals surface area contributed by atoms with Crippen LogP contribution in [-0.4, -0.2) is 33.1 Å². The van der Waals surface area contributed by atoms with Gasteiger partial charge in [0.15, 0.2) is 0 Å². The molecule has 0 aliphatic heterocycles. The Kier molecular flexibility index (Phi) is 4.66. The summed E-state index contributed by atoms with van der Waals surface area (Å²) in [6, 6.07) is 5.50. The largest absolute Gasteiger partial charge is 0.349 e. The van der Waals surface area contributed by atoms with Gasteiger partial charge in [0.2, 0.25) is 17.6 Å². The van der Waals surface area contributed by atoms with Gasteiger partial charge in [0.25, 0.3) is 0 Å². The van der Waals surface area contributed by atoms with Gasteiger partial charge in [-0.05, 0) is 25.0 Å². The summed E-state index contributed by atoms with van der Waals surface area (Å²) in [7, 11) is 0. The van der Waals surface area contributed by atoms with Crippen LogP contribution in [0.5, 0.6) is 0 Å². The lowest BCUT2D eigenvalue weighted by Crippen LogP contribution is -2.51. The number of nitrogens with two attached hydrogens (primary N) is 1. The molecule has 3 rings (SSSR count). The molecule has 7 heteroatoms. The molecule has 1 aliphatic rings. The molecule has 0 spiro atoms. The smallest absolute Gasteiger partial charge is 0.227 e. The average Bonchev–Trinajstić information content (AvgIpc) is 3.24. The number of aromatic nitrogens is 3. The lowest BCUT2D eigenvalue weighted by molar-refractivity contribution is -0.123. The third kappa shape index (κ3) is 3.73. The van der Waals surface area contributed by atoms with Crippen molar-refractivity contribution in [2.24, 2.45) is 5.73 Å². The summed E-state index contributed by atoms with van der Waals surface area (Å²) in [4.78, 5) is 20.6. The average molecular weight is 315 g/mol. The molecule has 2 aromatic heterocycles. The second-order valence-corrected chi connectivity index (χ2v) is 5.97. The molecule has 1 saturated carbocycles. The molecule has 7 nitrogen and oxygen atoms in total. The fourth-order valence-corrected chi connectivity index (χ4v) is 2.97. The minimum Gasteiger partial charge on any atom is -0.349 e. The van der Waals surface area contributed by atoms with Crippen LogP contribution >= 0.6 is 0 Å². The van der Waals surface area contributed by atoms with Gasteiger partial charge in [0.05, 0.1) is 5.54 Å². The van der Waals surface area contributed by atoms with Crippen LogP contribution in [-0.2, 0) is 11.2 Å². The number of carbonyl (C=O) groups is 1. The van der Waals surface area contributed by atoms with E-state index in [2.05, 4.69) is 20.4 Å². The summed E-state index contributed by atoms with van der Waals surface area (Å²) in [5.41, 5.74) is 6.27. The predicted molar refractivity (Wildman–Crippen MR) is 84.2 cm³/mol. The first-order chi connectivity index (χ1) is 11.2. The number of pyridine rings is 1. The number of rotatable bonds is 6. The third-order valence-electron chi connectivity index (χ3n) is 4.28. The quantitative estimate of drug-likeness (QED) is 0.835. The Hall–Kier alpha value is -2.28. The van der Waals surface area contributed by atoms with Crippen LogP contribution < -0.4 is 11.1 Å². The van der Waals surface area contributed by atoms with Gasteiger partial charge < -0.3 is 15.6 Å². The van der Waals surface area contributed by atoms with Crippen molar-refractivity contribution in [2.45, 2.75) is 44.1 Å². The molecule has 23 heavy (non-hydrogen) atoms. The van der Waals surface area contributed by atoms with Gasteiger partial charge in [-0.1, -0.05) is 24.1 Å². The molecule has 122 valence electrons. The van der Waals surface area contributed by atoms with Gasteiger partial charge >= 0.3 is 0 Å². The summed E-state index contributed by atoms with van der Waals surface area (Å²) in [6.07, 6.45) is 6.55. The zero-order valence-corrected chi connectivity index (χ0v) is 13.0. The van der Waals surface area contributed by atoms with E-state index in [-0.39, 0.29) is 11.4 Å². The second kappa shape index (κ2) is 6.87. The van der Waals surface area contributed by atoms with Crippen molar-refractivity contribution >= 4 is 5.91 Å². The van der Waals surface area contributed by atoms with Gasteiger partial charge in [0.1, 0.15) is 5.69 Å². The lowest BCUT2D eigenvalue weighted by atomic mass is 9.97. The van der Waals surface area contributed by atoms with E-state index in [1.54, 1.807) is 6.20 Å². The molecule has 2 heterocycles. The van der Waals surface area contributed by atoms with E-state index in [0.717, 1.165) is 25.7 Å². The summed E-state index contributed by atoms with van der Waals surface area (Å²) < 4.78 is 5.19. The number of nitrogens with one attached hydrogen (secondary N) is 1. The van der Waals surface area contributed by atoms with Crippen LogP contribution in [0.3, 0.4) is 0 Å². The van der Waals surface area contributed by atoms with Crippen molar-refractivity contribution in [3.05, 3.63) is 30.3 Å². The van der Waals surface area contributed by atoms with Crippen LogP contribution in [0, 0.1) is 0 Å². The summed E-state index contributed by atoms with van der Waals surface area (Å²) in [5.74, 6) is 0.860. The first kappa shape index (κ1) is 15.6. The van der Waals surface area contributed by atoms with E-state index in [1.165, 1.54) is 0 Å². The van der Waals surface area contributed by atoms with Gasteiger partial charge in [-0.25, -0.2) is 0 Å². The van der Waals surface area contributed by atoms with E-state index in [1.807, 2.05) is 18.2 Å². The lowest BCUT2D eigenvalue weighted by Gasteiger charge is -2.28. The van der Waals surface area contributed by atoms with Gasteiger partial charge in [-0.15, -0.1) is 0 Å². The number of hydrogen-bond acceptors (Lipinski definition) is 6. The molecule has 1 amide bonds. The number of aryl methyl sites for hydroxylation is 1. The molecule has 0 unspecified atom stereocenters. The van der Waals surface area contributed by atoms with E-state index in [4.69, 9.17) is 10.3 Å². The van der Waals surface area contributed by atoms with Crippen molar-refractivity contribution in [3.8, 4) is 11.5 Å². The maximum absolute atomic E-state index is 12.1. The summed E-state index contributed by atoms with van der Waals surface area (Å²) in [6.45, 7) is 0.489. The van der Waals surface area contributed by atoms with Crippen molar-refractivity contribution in [1.82, 2.24) is 20.4 Å². The highest BCUT2D eigenvalue weighted by molar-refractivity contribution is 5.77. The Morgan fingerprint density at radius 1 is 1.35 bits per heavy atom. The molecular formula is C16H21N5O2. The molecule has 0 bridgehead atoms. The van der Waals surface area contributed by atoms with E-state index >= 15 is 0 Å². The molecule has 2 aromatic rings. The number of hydrogen-bond donors (Lipinski definition) is 2. The van der Waals surface area contributed by atoms with Crippen LogP contribution in [0.1, 0.15) is 38.0 Å². The molecule has 1 fully saturated rings. The Bertz CT molecular complexity index is 650. The van der Waals surface area contributed by atoms with E-state index < -0.39 is 0 Å². The minimum atomic E-state index is -0.217. The fourth-order valence-electron chi connectivity index (χ4n) is 2.97. The highest BCUT2D eigenvalue weighted by Crippen LogP contribution is 2.28. The molecule has 3 N–H and O–H groups in total. The predicted octanol–water partition coefficient (Wildman–Crippen LogP) is 1.45. The van der Waals surface area contributed by atoms with Crippen molar-refractivity contribution in [1.29, 1.82) is 0 Å². The monoisotopic (exact) mass is 315 g/mol. The van der Waals surface area contributed by atoms with Crippen molar-refractivity contribution in [2.75, 3.05) is 6.54 Å². The van der Waals surface area contributed by atoms with Crippen LogP contribution in [0.4, 0.5) is 0 Å². The molecule has 0 atom stereocenters. The fraction of sp³-hybridized carbons (Fsp3) is 0.500. The maximum atomic E-state index is 12.1. The number of amides is 1. The van der Waals surface area contributed by atoms with E-state index in [9.17, 15) is 4.79 Å². The van der Waals surface area contributed by atoms with Gasteiger partial charge in [0, 0.05) is 25.6 Å². The van der Waals surface area contributed by atoms with E-state index in [0.29, 0.717) is 36.8 Å². The minimum absolute atomic E-state index is 0.0186. The molecule has 0 aromatic carbocycles. The van der Waals surface area contributed by atoms with Gasteiger partial charge in [-0.2, -0.15) is 4.98 Å². The number of carbonyl (C=O) groups excluding carboxylic acids is 1. The molecule has 0 radical (unpaired) electrons. The molecular weight excluding hydrogens is 294 g/mol.